The normalized spacial score (nSPS) is 19.3. The molecular formula is C16H33NO. The first-order valence-corrected chi connectivity index (χ1v) is 7.89. The van der Waals surface area contributed by atoms with Crippen molar-refractivity contribution >= 4 is 0 Å². The Morgan fingerprint density at radius 1 is 1.00 bits per heavy atom. The summed E-state index contributed by atoms with van der Waals surface area (Å²) in [7, 11) is 0. The molecule has 1 atom stereocenters. The zero-order chi connectivity index (χ0) is 13.5. The van der Waals surface area contributed by atoms with Gasteiger partial charge in [0.25, 0.3) is 0 Å². The van der Waals surface area contributed by atoms with Gasteiger partial charge < -0.3 is 10.4 Å². The van der Waals surface area contributed by atoms with Crippen molar-refractivity contribution in [2.45, 2.75) is 65.9 Å². The minimum absolute atomic E-state index is 0.145. The summed E-state index contributed by atoms with van der Waals surface area (Å²) < 4.78 is 0. The zero-order valence-corrected chi connectivity index (χ0v) is 12.8. The number of nitrogens with one attached hydrogen (secondary N) is 1. The predicted molar refractivity (Wildman–Crippen MR) is 78.6 cm³/mol. The van der Waals surface area contributed by atoms with Crippen molar-refractivity contribution in [3.8, 4) is 0 Å². The zero-order valence-electron chi connectivity index (χ0n) is 12.8. The van der Waals surface area contributed by atoms with E-state index in [4.69, 9.17) is 0 Å². The molecule has 1 unspecified atom stereocenters. The smallest absolute Gasteiger partial charge is 0.0667 e. The van der Waals surface area contributed by atoms with Crippen LogP contribution in [-0.4, -0.2) is 24.3 Å². The third kappa shape index (κ3) is 5.71. The van der Waals surface area contributed by atoms with Gasteiger partial charge in [-0.1, -0.05) is 53.4 Å². The summed E-state index contributed by atoms with van der Waals surface area (Å²) in [4.78, 5) is 0. The van der Waals surface area contributed by atoms with Gasteiger partial charge in [-0.25, -0.2) is 0 Å². The number of hydrogen-bond acceptors (Lipinski definition) is 2. The molecule has 0 amide bonds. The molecule has 0 saturated heterocycles. The Bertz CT molecular complexity index is 201. The van der Waals surface area contributed by atoms with Crippen molar-refractivity contribution in [3.05, 3.63) is 0 Å². The van der Waals surface area contributed by atoms with Gasteiger partial charge in [0.05, 0.1) is 6.10 Å². The van der Waals surface area contributed by atoms with Gasteiger partial charge in [0, 0.05) is 6.54 Å². The third-order valence-electron chi connectivity index (χ3n) is 4.55. The molecule has 0 bridgehead atoms. The van der Waals surface area contributed by atoms with Crippen molar-refractivity contribution in [1.82, 2.24) is 5.32 Å². The molecule has 0 spiro atoms. The molecule has 0 aliphatic heterocycles. The molecule has 0 aromatic carbocycles. The maximum atomic E-state index is 10.0. The Morgan fingerprint density at radius 2 is 1.56 bits per heavy atom. The molecule has 1 saturated carbocycles. The van der Waals surface area contributed by atoms with E-state index in [1.165, 1.54) is 25.7 Å². The SMILES string of the molecule is CC(C)C(CNCC(O)CC1CCCC1)C(C)C. The molecule has 0 aromatic heterocycles. The van der Waals surface area contributed by atoms with Gasteiger partial charge in [0.2, 0.25) is 0 Å². The maximum absolute atomic E-state index is 10.0. The van der Waals surface area contributed by atoms with Crippen LogP contribution < -0.4 is 5.32 Å². The molecule has 1 aliphatic rings. The fourth-order valence-electron chi connectivity index (χ4n) is 3.37. The van der Waals surface area contributed by atoms with Crippen LogP contribution in [0.2, 0.25) is 0 Å². The Kier molecular flexibility index (Phi) is 7.25. The van der Waals surface area contributed by atoms with Gasteiger partial charge in [-0.3, -0.25) is 0 Å². The van der Waals surface area contributed by atoms with Crippen LogP contribution in [0, 0.1) is 23.7 Å². The van der Waals surface area contributed by atoms with E-state index in [1.54, 1.807) is 0 Å². The topological polar surface area (TPSA) is 32.3 Å². The Labute approximate surface area is 114 Å². The van der Waals surface area contributed by atoms with E-state index >= 15 is 0 Å². The predicted octanol–water partition coefficient (Wildman–Crippen LogP) is 3.45. The summed E-state index contributed by atoms with van der Waals surface area (Å²) in [5, 5.41) is 13.5. The van der Waals surface area contributed by atoms with Crippen molar-refractivity contribution in [1.29, 1.82) is 0 Å². The largest absolute Gasteiger partial charge is 0.392 e. The number of aliphatic hydroxyl groups excluding tert-OH is 1. The van der Waals surface area contributed by atoms with E-state index in [2.05, 4.69) is 33.0 Å². The summed E-state index contributed by atoms with van der Waals surface area (Å²) in [6, 6.07) is 0. The molecule has 2 heteroatoms. The van der Waals surface area contributed by atoms with Crippen molar-refractivity contribution in [2.24, 2.45) is 23.7 Å². The van der Waals surface area contributed by atoms with Crippen LogP contribution in [0.4, 0.5) is 0 Å². The molecule has 0 radical (unpaired) electrons. The lowest BCUT2D eigenvalue weighted by molar-refractivity contribution is 0.136. The molecule has 1 fully saturated rings. The van der Waals surface area contributed by atoms with Crippen LogP contribution in [0.1, 0.15) is 59.8 Å². The van der Waals surface area contributed by atoms with Crippen LogP contribution in [0.5, 0.6) is 0 Å². The lowest BCUT2D eigenvalue weighted by Gasteiger charge is -2.26. The van der Waals surface area contributed by atoms with Crippen LogP contribution >= 0.6 is 0 Å². The highest BCUT2D eigenvalue weighted by atomic mass is 16.3. The van der Waals surface area contributed by atoms with Crippen LogP contribution in [0.15, 0.2) is 0 Å². The minimum Gasteiger partial charge on any atom is -0.392 e. The van der Waals surface area contributed by atoms with Crippen LogP contribution in [0.3, 0.4) is 0 Å². The van der Waals surface area contributed by atoms with E-state index in [1.807, 2.05) is 0 Å². The van der Waals surface area contributed by atoms with E-state index in [-0.39, 0.29) is 6.10 Å². The van der Waals surface area contributed by atoms with Gasteiger partial charge >= 0.3 is 0 Å². The fourth-order valence-corrected chi connectivity index (χ4v) is 3.37. The summed E-state index contributed by atoms with van der Waals surface area (Å²) in [6.45, 7) is 11.0. The second-order valence-electron chi connectivity index (χ2n) is 6.85. The summed E-state index contributed by atoms with van der Waals surface area (Å²) in [6.07, 6.45) is 6.26. The van der Waals surface area contributed by atoms with Crippen molar-refractivity contribution < 1.29 is 5.11 Å². The number of hydrogen-bond donors (Lipinski definition) is 2. The monoisotopic (exact) mass is 255 g/mol. The average molecular weight is 255 g/mol. The molecule has 2 nitrogen and oxygen atoms in total. The van der Waals surface area contributed by atoms with E-state index in [0.717, 1.165) is 25.4 Å². The lowest BCUT2D eigenvalue weighted by Crippen LogP contribution is -2.35. The van der Waals surface area contributed by atoms with Crippen LogP contribution in [-0.2, 0) is 0 Å². The van der Waals surface area contributed by atoms with Gasteiger partial charge in [-0.15, -0.1) is 0 Å². The molecule has 108 valence electrons. The average Bonchev–Trinajstić information content (AvgIpc) is 2.75. The second kappa shape index (κ2) is 8.16. The highest BCUT2D eigenvalue weighted by Gasteiger charge is 2.20. The molecule has 1 aliphatic carbocycles. The molecule has 18 heavy (non-hydrogen) atoms. The fraction of sp³-hybridized carbons (Fsp3) is 1.00. The first kappa shape index (κ1) is 16.0. The molecule has 0 heterocycles. The lowest BCUT2D eigenvalue weighted by atomic mass is 9.85. The van der Waals surface area contributed by atoms with Crippen LogP contribution in [0.25, 0.3) is 0 Å². The van der Waals surface area contributed by atoms with Gasteiger partial charge in [0.15, 0.2) is 0 Å². The van der Waals surface area contributed by atoms with Gasteiger partial charge in [-0.05, 0) is 36.6 Å². The highest BCUT2D eigenvalue weighted by molar-refractivity contribution is 4.74. The first-order valence-electron chi connectivity index (χ1n) is 7.89. The van der Waals surface area contributed by atoms with Crippen molar-refractivity contribution in [2.75, 3.05) is 13.1 Å². The van der Waals surface area contributed by atoms with E-state index < -0.39 is 0 Å². The summed E-state index contributed by atoms with van der Waals surface area (Å²) >= 11 is 0. The Morgan fingerprint density at radius 3 is 2.06 bits per heavy atom. The Balaban J connectivity index is 2.15. The summed E-state index contributed by atoms with van der Waals surface area (Å²) in [5.41, 5.74) is 0. The highest BCUT2D eigenvalue weighted by Crippen LogP contribution is 2.28. The number of rotatable bonds is 8. The third-order valence-corrected chi connectivity index (χ3v) is 4.55. The summed E-state index contributed by atoms with van der Waals surface area (Å²) in [5.74, 6) is 2.92. The maximum Gasteiger partial charge on any atom is 0.0667 e. The molecular weight excluding hydrogens is 222 g/mol. The van der Waals surface area contributed by atoms with Gasteiger partial charge in [-0.2, -0.15) is 0 Å². The molecule has 0 aromatic rings. The minimum atomic E-state index is -0.145. The quantitative estimate of drug-likeness (QED) is 0.696. The van der Waals surface area contributed by atoms with Gasteiger partial charge in [0.1, 0.15) is 0 Å². The Hall–Kier alpha value is -0.0800. The van der Waals surface area contributed by atoms with Crippen molar-refractivity contribution in [3.63, 3.8) is 0 Å². The van der Waals surface area contributed by atoms with E-state index in [0.29, 0.717) is 17.8 Å². The second-order valence-corrected chi connectivity index (χ2v) is 6.85. The molecule has 2 N–H and O–H groups in total. The number of aliphatic hydroxyl groups is 1. The van der Waals surface area contributed by atoms with E-state index in [9.17, 15) is 5.11 Å². The standard InChI is InChI=1S/C16H33NO/c1-12(2)16(13(3)4)11-17-10-15(18)9-14-7-5-6-8-14/h12-18H,5-11H2,1-4H3. The first-order chi connectivity index (χ1) is 8.50. The molecule has 1 rings (SSSR count).